The quantitative estimate of drug-likeness (QED) is 0.206. The normalized spacial score (nSPS) is 12.7. The fraction of sp³-hybridized carbons (Fsp3) is 0.200. The zero-order valence-electron chi connectivity index (χ0n) is 10.1. The fourth-order valence-corrected chi connectivity index (χ4v) is 1.44. The molecule has 0 aliphatic carbocycles. The van der Waals surface area contributed by atoms with Crippen LogP contribution in [-0.2, 0) is 24.4 Å². The lowest BCUT2D eigenvalue weighted by Gasteiger charge is -2.09. The molecule has 0 amide bonds. The fourth-order valence-electron chi connectivity index (χ4n) is 1.28. The summed E-state index contributed by atoms with van der Waals surface area (Å²) < 4.78 is 31.9. The summed E-state index contributed by atoms with van der Waals surface area (Å²) in [5, 5.41) is 0. The van der Waals surface area contributed by atoms with Crippen LogP contribution in [-0.4, -0.2) is 30.8 Å². The number of para-hydroxylation sites is 1. The van der Waals surface area contributed by atoms with Crippen LogP contribution in [0.3, 0.4) is 0 Å². The molecule has 0 bridgehead atoms. The number of carbonyl (C=O) groups is 2. The molecule has 1 aromatic carbocycles. The summed E-state index contributed by atoms with van der Waals surface area (Å²) in [5.41, 5.74) is 11.3. The highest BCUT2D eigenvalue weighted by atomic mass is 32.3. The van der Waals surface area contributed by atoms with Gasteiger partial charge in [0, 0.05) is 17.7 Å². The SMILES string of the molecule is Nc1ccccc1C(=O)CC(N)C(=O)OOS(=O)(=O)O. The van der Waals surface area contributed by atoms with Gasteiger partial charge in [-0.15, -0.1) is 0 Å². The van der Waals surface area contributed by atoms with Gasteiger partial charge in [0.05, 0.1) is 0 Å². The number of nitrogen functional groups attached to an aromatic ring is 1. The molecule has 0 aliphatic heterocycles. The van der Waals surface area contributed by atoms with E-state index < -0.39 is 34.6 Å². The zero-order chi connectivity index (χ0) is 15.3. The molecule has 10 heteroatoms. The molecule has 0 fully saturated rings. The molecule has 1 atom stereocenters. The molecule has 0 spiro atoms. The monoisotopic (exact) mass is 304 g/mol. The number of rotatable bonds is 6. The molecule has 0 heterocycles. The minimum Gasteiger partial charge on any atom is -0.398 e. The Morgan fingerprint density at radius 2 is 1.90 bits per heavy atom. The van der Waals surface area contributed by atoms with Gasteiger partial charge in [-0.1, -0.05) is 12.1 Å². The number of ketones is 1. The number of Topliss-reactive ketones (excluding diaryl/α,β-unsaturated/α-hetero) is 1. The van der Waals surface area contributed by atoms with Crippen molar-refractivity contribution >= 4 is 27.8 Å². The smallest absolute Gasteiger partial charge is 0.398 e. The summed E-state index contributed by atoms with van der Waals surface area (Å²) in [6, 6.07) is 4.68. The third kappa shape index (κ3) is 4.93. The van der Waals surface area contributed by atoms with Crippen molar-refractivity contribution < 1.29 is 31.8 Å². The number of anilines is 1. The second kappa shape index (κ2) is 6.43. The van der Waals surface area contributed by atoms with Gasteiger partial charge in [0.2, 0.25) is 0 Å². The van der Waals surface area contributed by atoms with Crippen LogP contribution in [0.2, 0.25) is 0 Å². The van der Waals surface area contributed by atoms with Crippen LogP contribution >= 0.6 is 0 Å². The highest BCUT2D eigenvalue weighted by molar-refractivity contribution is 7.80. The van der Waals surface area contributed by atoms with Gasteiger partial charge in [-0.25, -0.2) is 4.79 Å². The van der Waals surface area contributed by atoms with E-state index in [1.807, 2.05) is 0 Å². The van der Waals surface area contributed by atoms with Gasteiger partial charge in [0.1, 0.15) is 6.04 Å². The zero-order valence-corrected chi connectivity index (χ0v) is 10.9. The van der Waals surface area contributed by atoms with Crippen molar-refractivity contribution in [1.82, 2.24) is 0 Å². The van der Waals surface area contributed by atoms with E-state index in [1.165, 1.54) is 12.1 Å². The second-order valence-corrected chi connectivity index (χ2v) is 4.71. The van der Waals surface area contributed by atoms with Gasteiger partial charge in [-0.2, -0.15) is 8.42 Å². The lowest BCUT2D eigenvalue weighted by atomic mass is 10.0. The number of nitrogens with two attached hydrogens (primary N) is 2. The Morgan fingerprint density at radius 1 is 1.30 bits per heavy atom. The first-order valence-electron chi connectivity index (χ1n) is 5.21. The predicted octanol–water partition coefficient (Wildman–Crippen LogP) is -0.554. The van der Waals surface area contributed by atoms with Crippen LogP contribution in [0, 0.1) is 0 Å². The summed E-state index contributed by atoms with van der Waals surface area (Å²) in [6.07, 6.45) is -0.470. The molecule has 1 unspecified atom stereocenters. The highest BCUT2D eigenvalue weighted by Gasteiger charge is 2.23. The van der Waals surface area contributed by atoms with E-state index in [9.17, 15) is 18.0 Å². The van der Waals surface area contributed by atoms with Crippen molar-refractivity contribution in [3.05, 3.63) is 29.8 Å². The van der Waals surface area contributed by atoms with Crippen LogP contribution in [0.4, 0.5) is 5.69 Å². The molecule has 0 aromatic heterocycles. The largest absolute Gasteiger partial charge is 0.432 e. The van der Waals surface area contributed by atoms with E-state index in [-0.39, 0.29) is 11.3 Å². The lowest BCUT2D eigenvalue weighted by Crippen LogP contribution is -2.35. The van der Waals surface area contributed by atoms with Crippen LogP contribution in [0.15, 0.2) is 24.3 Å². The molecule has 20 heavy (non-hydrogen) atoms. The molecular formula is C10H12N2O7S. The molecule has 0 saturated carbocycles. The molecule has 5 N–H and O–H groups in total. The van der Waals surface area contributed by atoms with E-state index in [0.29, 0.717) is 0 Å². The molecular weight excluding hydrogens is 292 g/mol. The minimum absolute atomic E-state index is 0.173. The molecule has 110 valence electrons. The summed E-state index contributed by atoms with van der Waals surface area (Å²) in [7, 11) is -4.94. The maximum atomic E-state index is 11.8. The van der Waals surface area contributed by atoms with Crippen molar-refractivity contribution in [2.45, 2.75) is 12.5 Å². The van der Waals surface area contributed by atoms with Gasteiger partial charge < -0.3 is 11.5 Å². The predicted molar refractivity (Wildman–Crippen MR) is 66.5 cm³/mol. The Morgan fingerprint density at radius 3 is 2.45 bits per heavy atom. The van der Waals surface area contributed by atoms with Gasteiger partial charge in [-0.3, -0.25) is 14.2 Å². The molecule has 1 aromatic rings. The molecule has 0 saturated heterocycles. The van der Waals surface area contributed by atoms with Gasteiger partial charge in [0.15, 0.2) is 5.78 Å². The number of hydrogen-bond donors (Lipinski definition) is 3. The van der Waals surface area contributed by atoms with Crippen LogP contribution in [0.5, 0.6) is 0 Å². The molecule has 0 radical (unpaired) electrons. The van der Waals surface area contributed by atoms with Crippen molar-refractivity contribution in [1.29, 1.82) is 0 Å². The lowest BCUT2D eigenvalue weighted by molar-refractivity contribution is -0.216. The molecule has 1 rings (SSSR count). The highest BCUT2D eigenvalue weighted by Crippen LogP contribution is 2.13. The Labute approximate surface area is 114 Å². The summed E-state index contributed by atoms with van der Waals surface area (Å²) in [5.74, 6) is -1.86. The molecule has 9 nitrogen and oxygen atoms in total. The maximum Gasteiger partial charge on any atom is 0.432 e. The van der Waals surface area contributed by atoms with Crippen LogP contribution in [0.1, 0.15) is 16.8 Å². The summed E-state index contributed by atoms with van der Waals surface area (Å²) in [6.45, 7) is 0. The van der Waals surface area contributed by atoms with Crippen LogP contribution < -0.4 is 11.5 Å². The van der Waals surface area contributed by atoms with Crippen molar-refractivity contribution in [3.63, 3.8) is 0 Å². The standard InChI is InChI=1S/C10H12N2O7S/c11-7-4-2-1-3-6(7)9(13)5-8(12)10(14)18-19-20(15,16)17/h1-4,8H,5,11-12H2,(H,15,16,17). The first-order chi connectivity index (χ1) is 9.20. The van der Waals surface area contributed by atoms with E-state index in [4.69, 9.17) is 16.0 Å². The average Bonchev–Trinajstić information content (AvgIpc) is 2.35. The van der Waals surface area contributed by atoms with Crippen molar-refractivity contribution in [3.8, 4) is 0 Å². The van der Waals surface area contributed by atoms with Crippen LogP contribution in [0.25, 0.3) is 0 Å². The number of hydrogen-bond acceptors (Lipinski definition) is 8. The van der Waals surface area contributed by atoms with Gasteiger partial charge in [0.25, 0.3) is 0 Å². The second-order valence-electron chi connectivity index (χ2n) is 3.72. The Kier molecular flexibility index (Phi) is 5.16. The molecule has 0 aliphatic rings. The third-order valence-corrected chi connectivity index (χ3v) is 2.41. The van der Waals surface area contributed by atoms with Gasteiger partial charge in [-0.05, 0) is 16.5 Å². The Hall–Kier alpha value is -2.01. The third-order valence-electron chi connectivity index (χ3n) is 2.17. The Bertz CT molecular complexity index is 614. The number of benzene rings is 1. The minimum atomic E-state index is -4.94. The first-order valence-corrected chi connectivity index (χ1v) is 6.58. The first kappa shape index (κ1) is 16.0. The van der Waals surface area contributed by atoms with E-state index in [0.717, 1.165) is 0 Å². The van der Waals surface area contributed by atoms with Gasteiger partial charge >= 0.3 is 16.4 Å². The summed E-state index contributed by atoms with van der Waals surface area (Å²) in [4.78, 5) is 26.8. The average molecular weight is 304 g/mol. The van der Waals surface area contributed by atoms with E-state index in [2.05, 4.69) is 9.22 Å². The van der Waals surface area contributed by atoms with E-state index in [1.54, 1.807) is 12.1 Å². The Balaban J connectivity index is 2.62. The van der Waals surface area contributed by atoms with Crippen molar-refractivity contribution in [2.24, 2.45) is 5.73 Å². The maximum absolute atomic E-state index is 11.8. The topological polar surface area (TPSA) is 159 Å². The summed E-state index contributed by atoms with van der Waals surface area (Å²) >= 11 is 0. The van der Waals surface area contributed by atoms with Crippen molar-refractivity contribution in [2.75, 3.05) is 5.73 Å². The number of carbonyl (C=O) groups excluding carboxylic acids is 2. The van der Waals surface area contributed by atoms with E-state index >= 15 is 0 Å².